The number of hydrogen-bond acceptors (Lipinski definition) is 4. The van der Waals surface area contributed by atoms with Crippen LogP contribution in [0.4, 0.5) is 0 Å². The van der Waals surface area contributed by atoms with Crippen molar-refractivity contribution in [3.63, 3.8) is 0 Å². The van der Waals surface area contributed by atoms with Crippen molar-refractivity contribution in [2.45, 2.75) is 32.6 Å². The Morgan fingerprint density at radius 1 is 1.29 bits per heavy atom. The van der Waals surface area contributed by atoms with Gasteiger partial charge in [-0.3, -0.25) is 9.78 Å². The van der Waals surface area contributed by atoms with Crippen LogP contribution < -0.4 is 0 Å². The average Bonchev–Trinajstić information content (AvgIpc) is 2.60. The summed E-state index contributed by atoms with van der Waals surface area (Å²) in [6.45, 7) is 3.44. The molecule has 1 aliphatic rings. The van der Waals surface area contributed by atoms with E-state index in [4.69, 9.17) is 0 Å². The zero-order valence-electron chi connectivity index (χ0n) is 14.5. The van der Waals surface area contributed by atoms with E-state index < -0.39 is 10.0 Å². The molecule has 0 aromatic carbocycles. The molecule has 0 aliphatic carbocycles. The highest BCUT2D eigenvalue weighted by Crippen LogP contribution is 2.22. The predicted octanol–water partition coefficient (Wildman–Crippen LogP) is 1.53. The molecule has 0 radical (unpaired) electrons. The molecule has 0 atom stereocenters. The van der Waals surface area contributed by atoms with Gasteiger partial charge in [-0.25, -0.2) is 12.7 Å². The molecule has 0 spiro atoms. The number of hydrogen-bond donors (Lipinski definition) is 0. The summed E-state index contributed by atoms with van der Waals surface area (Å²) in [6, 6.07) is 3.91. The summed E-state index contributed by atoms with van der Waals surface area (Å²) in [6.07, 6.45) is 6.16. The number of carbonyl (C=O) groups excluding carboxylic acids is 1. The maximum Gasteiger partial charge on any atom is 0.225 e. The van der Waals surface area contributed by atoms with Gasteiger partial charge in [-0.05, 0) is 43.4 Å². The Hall–Kier alpha value is -1.47. The van der Waals surface area contributed by atoms with Gasteiger partial charge in [-0.1, -0.05) is 6.92 Å². The Balaban J connectivity index is 1.81. The molecule has 134 valence electrons. The maximum atomic E-state index is 12.5. The van der Waals surface area contributed by atoms with Crippen molar-refractivity contribution in [2.75, 3.05) is 32.4 Å². The molecule has 1 aliphatic heterocycles. The van der Waals surface area contributed by atoms with Crippen LogP contribution in [0.5, 0.6) is 0 Å². The van der Waals surface area contributed by atoms with Crippen molar-refractivity contribution < 1.29 is 13.2 Å². The van der Waals surface area contributed by atoms with Gasteiger partial charge in [0.15, 0.2) is 0 Å². The molecule has 1 aromatic rings. The van der Waals surface area contributed by atoms with Gasteiger partial charge in [0.1, 0.15) is 0 Å². The minimum atomic E-state index is -3.15. The molecule has 6 nitrogen and oxygen atoms in total. The van der Waals surface area contributed by atoms with Crippen LogP contribution in [0.15, 0.2) is 24.5 Å². The lowest BCUT2D eigenvalue weighted by Crippen LogP contribution is -2.44. The van der Waals surface area contributed by atoms with E-state index in [2.05, 4.69) is 4.98 Å². The van der Waals surface area contributed by atoms with E-state index in [1.807, 2.05) is 26.1 Å². The molecule has 1 aromatic heterocycles. The Kier molecular flexibility index (Phi) is 6.74. The monoisotopic (exact) mass is 353 g/mol. The highest BCUT2D eigenvalue weighted by molar-refractivity contribution is 7.89. The van der Waals surface area contributed by atoms with Gasteiger partial charge in [0.25, 0.3) is 0 Å². The maximum absolute atomic E-state index is 12.5. The summed E-state index contributed by atoms with van der Waals surface area (Å²) in [7, 11) is -1.32. The topological polar surface area (TPSA) is 70.6 Å². The predicted molar refractivity (Wildman–Crippen MR) is 94.0 cm³/mol. The highest BCUT2D eigenvalue weighted by Gasteiger charge is 2.31. The van der Waals surface area contributed by atoms with Crippen molar-refractivity contribution in [2.24, 2.45) is 5.92 Å². The van der Waals surface area contributed by atoms with Crippen molar-refractivity contribution in [3.8, 4) is 0 Å². The lowest BCUT2D eigenvalue weighted by molar-refractivity contribution is -0.135. The summed E-state index contributed by atoms with van der Waals surface area (Å²) in [5.74, 6) is 0.245. The van der Waals surface area contributed by atoms with E-state index in [-0.39, 0.29) is 17.6 Å². The summed E-state index contributed by atoms with van der Waals surface area (Å²) in [5.41, 5.74) is 1.16. The fourth-order valence-corrected chi connectivity index (χ4v) is 4.58. The van der Waals surface area contributed by atoms with Crippen LogP contribution in [0.1, 0.15) is 31.7 Å². The first-order valence-corrected chi connectivity index (χ1v) is 10.2. The van der Waals surface area contributed by atoms with E-state index in [0.29, 0.717) is 38.9 Å². The number of rotatable bonds is 7. The molecule has 0 saturated carbocycles. The third-order valence-electron chi connectivity index (χ3n) is 4.52. The number of carbonyl (C=O) groups is 1. The van der Waals surface area contributed by atoms with Crippen LogP contribution in [0.25, 0.3) is 0 Å². The molecule has 24 heavy (non-hydrogen) atoms. The van der Waals surface area contributed by atoms with Crippen molar-refractivity contribution in [1.29, 1.82) is 0 Å². The lowest BCUT2D eigenvalue weighted by atomic mass is 9.96. The quantitative estimate of drug-likeness (QED) is 0.745. The highest BCUT2D eigenvalue weighted by atomic mass is 32.2. The van der Waals surface area contributed by atoms with Gasteiger partial charge in [0.05, 0.1) is 5.75 Å². The molecule has 0 N–H and O–H groups in total. The molecule has 0 unspecified atom stereocenters. The number of aromatic nitrogens is 1. The van der Waals surface area contributed by atoms with Crippen molar-refractivity contribution in [3.05, 3.63) is 30.1 Å². The largest absolute Gasteiger partial charge is 0.345 e. The second kappa shape index (κ2) is 8.58. The van der Waals surface area contributed by atoms with Crippen molar-refractivity contribution in [1.82, 2.24) is 14.2 Å². The van der Waals surface area contributed by atoms with Crippen LogP contribution in [0.3, 0.4) is 0 Å². The van der Waals surface area contributed by atoms with Gasteiger partial charge < -0.3 is 4.90 Å². The number of likely N-dealkylation sites (N-methyl/N-ethyl adjacent to an activating group) is 1. The molecule has 1 amide bonds. The summed E-state index contributed by atoms with van der Waals surface area (Å²) < 4.78 is 25.7. The molecule has 0 bridgehead atoms. The Morgan fingerprint density at radius 2 is 1.92 bits per heavy atom. The summed E-state index contributed by atoms with van der Waals surface area (Å²) in [4.78, 5) is 18.3. The van der Waals surface area contributed by atoms with Crippen LogP contribution >= 0.6 is 0 Å². The molecular weight excluding hydrogens is 326 g/mol. The number of pyridine rings is 1. The van der Waals surface area contributed by atoms with Crippen LogP contribution in [0, 0.1) is 5.92 Å². The van der Waals surface area contributed by atoms with Gasteiger partial charge in [0.2, 0.25) is 15.9 Å². The average molecular weight is 353 g/mol. The first-order chi connectivity index (χ1) is 11.4. The molecule has 2 rings (SSSR count). The Labute approximate surface area is 144 Å². The van der Waals surface area contributed by atoms with Crippen LogP contribution in [-0.4, -0.2) is 60.9 Å². The fraction of sp³-hybridized carbons (Fsp3) is 0.647. The normalized spacial score (nSPS) is 16.9. The first-order valence-electron chi connectivity index (χ1n) is 8.55. The van der Waals surface area contributed by atoms with E-state index in [9.17, 15) is 13.2 Å². The van der Waals surface area contributed by atoms with Gasteiger partial charge >= 0.3 is 0 Å². The standard InChI is InChI=1S/C17H27N3O3S/c1-3-14-24(22,23)20-12-7-16(8-13-20)17(21)19(2)11-6-15-4-9-18-10-5-15/h4-5,9-10,16H,3,6-8,11-14H2,1-2H3. The first kappa shape index (κ1) is 18.9. The molecule has 2 heterocycles. The lowest BCUT2D eigenvalue weighted by Gasteiger charge is -2.32. The van der Waals surface area contributed by atoms with E-state index in [0.717, 1.165) is 12.0 Å². The zero-order chi connectivity index (χ0) is 17.6. The Morgan fingerprint density at radius 3 is 2.50 bits per heavy atom. The minimum Gasteiger partial charge on any atom is -0.345 e. The van der Waals surface area contributed by atoms with E-state index in [1.165, 1.54) is 4.31 Å². The van der Waals surface area contributed by atoms with E-state index in [1.54, 1.807) is 17.3 Å². The summed E-state index contributed by atoms with van der Waals surface area (Å²) >= 11 is 0. The molecule has 7 heteroatoms. The van der Waals surface area contributed by atoms with Gasteiger partial charge in [-0.15, -0.1) is 0 Å². The third kappa shape index (κ3) is 5.01. The van der Waals surface area contributed by atoms with Gasteiger partial charge in [0, 0.05) is 45.0 Å². The molecule has 1 saturated heterocycles. The van der Waals surface area contributed by atoms with Crippen molar-refractivity contribution >= 4 is 15.9 Å². The van der Waals surface area contributed by atoms with Crippen LogP contribution in [-0.2, 0) is 21.2 Å². The van der Waals surface area contributed by atoms with Gasteiger partial charge in [-0.2, -0.15) is 0 Å². The number of nitrogens with zero attached hydrogens (tertiary/aromatic N) is 3. The second-order valence-corrected chi connectivity index (χ2v) is 8.44. The zero-order valence-corrected chi connectivity index (χ0v) is 15.3. The molecular formula is C17H27N3O3S. The number of piperidine rings is 1. The fourth-order valence-electron chi connectivity index (χ4n) is 3.04. The third-order valence-corrected chi connectivity index (χ3v) is 6.60. The number of amides is 1. The van der Waals surface area contributed by atoms with Crippen LogP contribution in [0.2, 0.25) is 0 Å². The van der Waals surface area contributed by atoms with E-state index >= 15 is 0 Å². The minimum absolute atomic E-state index is 0.0690. The number of sulfonamides is 1. The SMILES string of the molecule is CCCS(=O)(=O)N1CCC(C(=O)N(C)CCc2ccncc2)CC1. The molecule has 1 fully saturated rings. The summed E-state index contributed by atoms with van der Waals surface area (Å²) in [5, 5.41) is 0. The Bertz CT molecular complexity index is 626. The second-order valence-electron chi connectivity index (χ2n) is 6.35. The smallest absolute Gasteiger partial charge is 0.225 e.